The second-order valence-electron chi connectivity index (χ2n) is 9.53. The topological polar surface area (TPSA) is 69.6 Å². The average Bonchev–Trinajstić information content (AvgIpc) is 3.35. The maximum Gasteiger partial charge on any atom is 0.225 e. The molecule has 9 heteroatoms. The number of aromatic nitrogens is 3. The Balaban J connectivity index is 1.43. The summed E-state index contributed by atoms with van der Waals surface area (Å²) in [5.74, 6) is 0.648. The van der Waals surface area contributed by atoms with Crippen LogP contribution in [-0.4, -0.2) is 55.2 Å². The van der Waals surface area contributed by atoms with Gasteiger partial charge in [0.1, 0.15) is 22.8 Å². The molecule has 1 spiro atoms. The van der Waals surface area contributed by atoms with E-state index in [1.54, 1.807) is 19.4 Å². The summed E-state index contributed by atoms with van der Waals surface area (Å²) in [7, 11) is 1.55. The number of ether oxygens (including phenoxy) is 3. The lowest BCUT2D eigenvalue weighted by Gasteiger charge is -2.39. The predicted molar refractivity (Wildman–Crippen MR) is 137 cm³/mol. The Morgan fingerprint density at radius 2 is 1.94 bits per heavy atom. The van der Waals surface area contributed by atoms with E-state index in [0.29, 0.717) is 22.5 Å². The third-order valence-electron chi connectivity index (χ3n) is 7.38. The standard InChI is InChI=1S/C27H26ClFN4O3/c1-34-16-36-18-12-17-4-2-3-5-19(17)20(13-18)23-22(29)24-21(14-30-23)25(32-26(28)31-24)33-9-6-27(7-10-33)8-11-35-15-27/h2-5,12-14H,6-11,15-16H2,1H3. The molecule has 2 saturated heterocycles. The van der Waals surface area contributed by atoms with Gasteiger partial charge < -0.3 is 19.1 Å². The van der Waals surface area contributed by atoms with Crippen molar-refractivity contribution in [1.29, 1.82) is 0 Å². The number of hydrogen-bond donors (Lipinski definition) is 0. The van der Waals surface area contributed by atoms with E-state index in [1.165, 1.54) is 0 Å². The molecule has 0 amide bonds. The molecule has 0 bridgehead atoms. The molecule has 2 aromatic heterocycles. The average molecular weight is 509 g/mol. The lowest BCUT2D eigenvalue weighted by atomic mass is 9.78. The van der Waals surface area contributed by atoms with E-state index in [-0.39, 0.29) is 28.7 Å². The number of pyridine rings is 1. The highest BCUT2D eigenvalue weighted by Gasteiger charge is 2.38. The number of nitrogens with zero attached hydrogens (tertiary/aromatic N) is 4. The fourth-order valence-corrected chi connectivity index (χ4v) is 5.53. The maximum absolute atomic E-state index is 16.1. The molecule has 0 unspecified atom stereocenters. The van der Waals surface area contributed by atoms with Crippen LogP contribution in [-0.2, 0) is 9.47 Å². The van der Waals surface area contributed by atoms with Gasteiger partial charge in [-0.2, -0.15) is 4.98 Å². The van der Waals surface area contributed by atoms with E-state index in [1.807, 2.05) is 30.3 Å². The minimum atomic E-state index is -0.537. The second-order valence-corrected chi connectivity index (χ2v) is 9.87. The van der Waals surface area contributed by atoms with E-state index in [9.17, 15) is 0 Å². The Morgan fingerprint density at radius 1 is 1.11 bits per heavy atom. The third kappa shape index (κ3) is 4.13. The Hall–Kier alpha value is -3.07. The van der Waals surface area contributed by atoms with Gasteiger partial charge in [0.2, 0.25) is 5.28 Å². The molecule has 0 atom stereocenters. The number of rotatable bonds is 5. The van der Waals surface area contributed by atoms with Gasteiger partial charge in [0.05, 0.1) is 12.0 Å². The van der Waals surface area contributed by atoms with E-state index in [2.05, 4.69) is 19.9 Å². The van der Waals surface area contributed by atoms with Crippen LogP contribution in [0.3, 0.4) is 0 Å². The number of piperidine rings is 1. The number of hydrogen-bond acceptors (Lipinski definition) is 7. The summed E-state index contributed by atoms with van der Waals surface area (Å²) >= 11 is 6.32. The van der Waals surface area contributed by atoms with Crippen LogP contribution in [0.15, 0.2) is 42.6 Å². The molecule has 0 aliphatic carbocycles. The molecule has 4 heterocycles. The minimum Gasteiger partial charge on any atom is -0.468 e. The fourth-order valence-electron chi connectivity index (χ4n) is 5.37. The molecule has 0 radical (unpaired) electrons. The monoisotopic (exact) mass is 508 g/mol. The molecule has 36 heavy (non-hydrogen) atoms. The number of fused-ring (bicyclic) bond motifs is 2. The van der Waals surface area contributed by atoms with Crippen molar-refractivity contribution < 1.29 is 18.6 Å². The van der Waals surface area contributed by atoms with Crippen LogP contribution in [0.5, 0.6) is 5.75 Å². The van der Waals surface area contributed by atoms with Crippen molar-refractivity contribution in [3.05, 3.63) is 53.7 Å². The number of benzene rings is 2. The highest BCUT2D eigenvalue weighted by molar-refractivity contribution is 6.28. The normalized spacial score (nSPS) is 17.4. The molecule has 0 saturated carbocycles. The molecular formula is C27H26ClFN4O3. The SMILES string of the molecule is COCOc1cc(-c2ncc3c(N4CCC5(CCOC5)CC4)nc(Cl)nc3c2F)c2ccccc2c1. The smallest absolute Gasteiger partial charge is 0.225 e. The zero-order valence-corrected chi connectivity index (χ0v) is 20.7. The first kappa shape index (κ1) is 23.3. The summed E-state index contributed by atoms with van der Waals surface area (Å²) in [6.07, 6.45) is 4.75. The maximum atomic E-state index is 16.1. The third-order valence-corrected chi connectivity index (χ3v) is 7.55. The van der Waals surface area contributed by atoms with Crippen LogP contribution in [0.1, 0.15) is 19.3 Å². The summed E-state index contributed by atoms with van der Waals surface area (Å²) in [5.41, 5.74) is 1.20. The van der Waals surface area contributed by atoms with E-state index >= 15 is 4.39 Å². The van der Waals surface area contributed by atoms with Crippen molar-refractivity contribution in [2.75, 3.05) is 45.1 Å². The zero-order valence-electron chi connectivity index (χ0n) is 20.0. The van der Waals surface area contributed by atoms with Gasteiger partial charge in [-0.15, -0.1) is 0 Å². The second kappa shape index (κ2) is 9.42. The largest absolute Gasteiger partial charge is 0.468 e. The Kier molecular flexibility index (Phi) is 6.11. The van der Waals surface area contributed by atoms with Crippen molar-refractivity contribution in [1.82, 2.24) is 15.0 Å². The Bertz CT molecular complexity index is 1430. The molecule has 186 valence electrons. The molecule has 0 N–H and O–H groups in total. The summed E-state index contributed by atoms with van der Waals surface area (Å²) in [4.78, 5) is 15.5. The van der Waals surface area contributed by atoms with Crippen molar-refractivity contribution in [2.24, 2.45) is 5.41 Å². The van der Waals surface area contributed by atoms with Gasteiger partial charge in [0.15, 0.2) is 12.6 Å². The van der Waals surface area contributed by atoms with Gasteiger partial charge in [-0.25, -0.2) is 9.37 Å². The van der Waals surface area contributed by atoms with Crippen molar-refractivity contribution in [3.63, 3.8) is 0 Å². The van der Waals surface area contributed by atoms with E-state index < -0.39 is 5.82 Å². The Labute approximate surface area is 213 Å². The molecule has 2 fully saturated rings. The van der Waals surface area contributed by atoms with Gasteiger partial charge in [0, 0.05) is 38.6 Å². The first-order valence-electron chi connectivity index (χ1n) is 12.1. The lowest BCUT2D eigenvalue weighted by Crippen LogP contribution is -2.41. The summed E-state index contributed by atoms with van der Waals surface area (Å²) < 4.78 is 32.5. The lowest BCUT2D eigenvalue weighted by molar-refractivity contribution is 0.0512. The molecule has 6 rings (SSSR count). The molecule has 4 aromatic rings. The minimum absolute atomic E-state index is 0.0140. The highest BCUT2D eigenvalue weighted by atomic mass is 35.5. The van der Waals surface area contributed by atoms with Gasteiger partial charge in [-0.3, -0.25) is 4.98 Å². The zero-order chi connectivity index (χ0) is 24.7. The fraction of sp³-hybridized carbons (Fsp3) is 0.370. The molecular weight excluding hydrogens is 483 g/mol. The van der Waals surface area contributed by atoms with Gasteiger partial charge in [-0.1, -0.05) is 24.3 Å². The van der Waals surface area contributed by atoms with Crippen molar-refractivity contribution in [3.8, 4) is 17.0 Å². The van der Waals surface area contributed by atoms with Crippen LogP contribution < -0.4 is 9.64 Å². The van der Waals surface area contributed by atoms with Crippen molar-refractivity contribution >= 4 is 39.1 Å². The number of anilines is 1. The van der Waals surface area contributed by atoms with Crippen LogP contribution in [0.4, 0.5) is 10.2 Å². The number of halogens is 2. The number of methoxy groups -OCH3 is 1. The van der Waals surface area contributed by atoms with Crippen LogP contribution >= 0.6 is 11.6 Å². The van der Waals surface area contributed by atoms with E-state index in [0.717, 1.165) is 56.3 Å². The van der Waals surface area contributed by atoms with Gasteiger partial charge in [-0.05, 0) is 59.2 Å². The van der Waals surface area contributed by atoms with E-state index in [4.69, 9.17) is 25.8 Å². The first-order valence-corrected chi connectivity index (χ1v) is 12.4. The highest BCUT2D eigenvalue weighted by Crippen LogP contribution is 2.42. The predicted octanol–water partition coefficient (Wildman–Crippen LogP) is 5.63. The summed E-state index contributed by atoms with van der Waals surface area (Å²) in [5, 5.41) is 2.32. The van der Waals surface area contributed by atoms with Gasteiger partial charge in [0.25, 0.3) is 0 Å². The van der Waals surface area contributed by atoms with Crippen LogP contribution in [0.2, 0.25) is 5.28 Å². The summed E-state index contributed by atoms with van der Waals surface area (Å²) in [6, 6.07) is 11.4. The van der Waals surface area contributed by atoms with Crippen LogP contribution in [0.25, 0.3) is 32.9 Å². The molecule has 2 aliphatic rings. The molecule has 2 aliphatic heterocycles. The van der Waals surface area contributed by atoms with Crippen LogP contribution in [0, 0.1) is 11.2 Å². The summed E-state index contributed by atoms with van der Waals surface area (Å²) in [6.45, 7) is 3.33. The van der Waals surface area contributed by atoms with Crippen molar-refractivity contribution in [2.45, 2.75) is 19.3 Å². The quantitative estimate of drug-likeness (QED) is 0.256. The molecule has 7 nitrogen and oxygen atoms in total. The first-order chi connectivity index (χ1) is 17.6. The Morgan fingerprint density at radius 3 is 2.72 bits per heavy atom. The molecule has 2 aromatic carbocycles. The van der Waals surface area contributed by atoms with Gasteiger partial charge >= 0.3 is 0 Å².